The smallest absolute Gasteiger partial charge is 0.262 e. The Bertz CT molecular complexity index is 908. The van der Waals surface area contributed by atoms with Crippen molar-refractivity contribution in [3.8, 4) is 5.75 Å². The van der Waals surface area contributed by atoms with Crippen LogP contribution in [0.1, 0.15) is 10.4 Å². The Labute approximate surface area is 162 Å². The van der Waals surface area contributed by atoms with E-state index in [2.05, 4.69) is 10.6 Å². The zero-order chi connectivity index (χ0) is 19.1. The van der Waals surface area contributed by atoms with Crippen LogP contribution in [0.25, 0.3) is 0 Å². The van der Waals surface area contributed by atoms with E-state index < -0.39 is 0 Å². The Hall–Kier alpha value is -3.12. The van der Waals surface area contributed by atoms with Crippen molar-refractivity contribution in [3.63, 3.8) is 0 Å². The summed E-state index contributed by atoms with van der Waals surface area (Å²) in [6, 6.07) is 18.4. The summed E-state index contributed by atoms with van der Waals surface area (Å²) >= 11 is 1.56. The molecule has 5 nitrogen and oxygen atoms in total. The molecule has 2 N–H and O–H groups in total. The molecule has 3 aromatic rings. The van der Waals surface area contributed by atoms with Crippen LogP contribution >= 0.6 is 11.3 Å². The van der Waals surface area contributed by atoms with Gasteiger partial charge in [-0.2, -0.15) is 0 Å². The van der Waals surface area contributed by atoms with E-state index >= 15 is 0 Å². The van der Waals surface area contributed by atoms with Crippen LogP contribution in [-0.4, -0.2) is 18.4 Å². The first-order chi connectivity index (χ1) is 13.1. The highest BCUT2D eigenvalue weighted by atomic mass is 32.1. The summed E-state index contributed by atoms with van der Waals surface area (Å²) in [5.41, 5.74) is 2.25. The summed E-state index contributed by atoms with van der Waals surface area (Å²) in [5, 5.41) is 7.65. The Balaban J connectivity index is 1.53. The SMILES string of the molecule is Cc1cc(NC(=O)Cc2cccs2)ccc1NC(=O)COc1ccccc1. The molecular weight excluding hydrogens is 360 g/mol. The standard InChI is InChI=1S/C21H20N2O3S/c1-15-12-16(22-20(24)13-18-8-5-11-27-18)9-10-19(15)23-21(25)14-26-17-6-3-2-4-7-17/h2-12H,13-14H2,1H3,(H,22,24)(H,23,25). The third-order valence-corrected chi connectivity index (χ3v) is 4.69. The number of thiophene rings is 1. The second kappa shape index (κ2) is 9.00. The molecule has 0 unspecified atom stereocenters. The molecule has 2 amide bonds. The van der Waals surface area contributed by atoms with Crippen molar-refractivity contribution in [2.45, 2.75) is 13.3 Å². The molecule has 1 aromatic heterocycles. The fourth-order valence-electron chi connectivity index (χ4n) is 2.51. The summed E-state index contributed by atoms with van der Waals surface area (Å²) in [4.78, 5) is 25.2. The van der Waals surface area contributed by atoms with Gasteiger partial charge in [-0.1, -0.05) is 24.3 Å². The molecule has 138 valence electrons. The van der Waals surface area contributed by atoms with Gasteiger partial charge >= 0.3 is 0 Å². The van der Waals surface area contributed by atoms with E-state index in [1.807, 2.05) is 48.7 Å². The molecule has 0 fully saturated rings. The van der Waals surface area contributed by atoms with Crippen LogP contribution in [0, 0.1) is 6.92 Å². The predicted octanol–water partition coefficient (Wildman–Crippen LogP) is 4.26. The lowest BCUT2D eigenvalue weighted by Crippen LogP contribution is -2.20. The number of benzene rings is 2. The molecule has 6 heteroatoms. The van der Waals surface area contributed by atoms with Gasteiger partial charge in [0.2, 0.25) is 5.91 Å². The number of hydrogen-bond donors (Lipinski definition) is 2. The van der Waals surface area contributed by atoms with Gasteiger partial charge in [0.15, 0.2) is 6.61 Å². The van der Waals surface area contributed by atoms with Gasteiger partial charge in [0.25, 0.3) is 5.91 Å². The first-order valence-electron chi connectivity index (χ1n) is 8.51. The number of aryl methyl sites for hydroxylation is 1. The Morgan fingerprint density at radius 2 is 1.78 bits per heavy atom. The topological polar surface area (TPSA) is 67.4 Å². The van der Waals surface area contributed by atoms with Gasteiger partial charge in [0.05, 0.1) is 6.42 Å². The maximum atomic E-state index is 12.1. The molecule has 0 aliphatic heterocycles. The normalized spacial score (nSPS) is 10.3. The van der Waals surface area contributed by atoms with E-state index in [1.54, 1.807) is 35.6 Å². The zero-order valence-corrected chi connectivity index (χ0v) is 15.7. The first-order valence-corrected chi connectivity index (χ1v) is 9.39. The maximum absolute atomic E-state index is 12.1. The number of rotatable bonds is 7. The summed E-state index contributed by atoms with van der Waals surface area (Å²) < 4.78 is 5.44. The van der Waals surface area contributed by atoms with Crippen molar-refractivity contribution < 1.29 is 14.3 Å². The summed E-state index contributed by atoms with van der Waals surface area (Å²) in [7, 11) is 0. The fourth-order valence-corrected chi connectivity index (χ4v) is 3.21. The third-order valence-electron chi connectivity index (χ3n) is 3.81. The van der Waals surface area contributed by atoms with Crippen molar-refractivity contribution in [2.24, 2.45) is 0 Å². The Morgan fingerprint density at radius 3 is 2.48 bits per heavy atom. The van der Waals surface area contributed by atoms with Gasteiger partial charge in [0, 0.05) is 16.3 Å². The molecule has 0 spiro atoms. The molecule has 1 heterocycles. The van der Waals surface area contributed by atoms with Crippen molar-refractivity contribution >= 4 is 34.5 Å². The van der Waals surface area contributed by atoms with E-state index in [0.717, 1.165) is 10.4 Å². The van der Waals surface area contributed by atoms with Crippen LogP contribution in [-0.2, 0) is 16.0 Å². The average molecular weight is 380 g/mol. The van der Waals surface area contributed by atoms with Crippen molar-refractivity contribution in [3.05, 3.63) is 76.5 Å². The van der Waals surface area contributed by atoms with E-state index in [-0.39, 0.29) is 18.4 Å². The molecule has 0 aliphatic carbocycles. The number of nitrogens with one attached hydrogen (secondary N) is 2. The highest BCUT2D eigenvalue weighted by Gasteiger charge is 2.09. The Kier molecular flexibility index (Phi) is 6.22. The fraction of sp³-hybridized carbons (Fsp3) is 0.143. The largest absolute Gasteiger partial charge is 0.484 e. The number of amides is 2. The lowest BCUT2D eigenvalue weighted by Gasteiger charge is -2.12. The highest BCUT2D eigenvalue weighted by molar-refractivity contribution is 7.10. The van der Waals surface area contributed by atoms with Gasteiger partial charge in [-0.15, -0.1) is 11.3 Å². The van der Waals surface area contributed by atoms with Crippen LogP contribution in [0.4, 0.5) is 11.4 Å². The second-order valence-electron chi connectivity index (χ2n) is 5.98. The minimum atomic E-state index is -0.239. The van der Waals surface area contributed by atoms with Crippen LogP contribution in [0.3, 0.4) is 0 Å². The van der Waals surface area contributed by atoms with Gasteiger partial charge < -0.3 is 15.4 Å². The molecular formula is C21H20N2O3S. The number of carbonyl (C=O) groups is 2. The minimum absolute atomic E-state index is 0.0649. The lowest BCUT2D eigenvalue weighted by molar-refractivity contribution is -0.118. The zero-order valence-electron chi connectivity index (χ0n) is 14.9. The van der Waals surface area contributed by atoms with Gasteiger partial charge in [-0.25, -0.2) is 0 Å². The number of anilines is 2. The third kappa shape index (κ3) is 5.69. The monoisotopic (exact) mass is 380 g/mol. The van der Waals surface area contributed by atoms with E-state index in [0.29, 0.717) is 23.5 Å². The first kappa shape index (κ1) is 18.7. The number of carbonyl (C=O) groups excluding carboxylic acids is 2. The van der Waals surface area contributed by atoms with Crippen molar-refractivity contribution in [1.29, 1.82) is 0 Å². The predicted molar refractivity (Wildman–Crippen MR) is 108 cm³/mol. The van der Waals surface area contributed by atoms with E-state index in [4.69, 9.17) is 4.74 Å². The minimum Gasteiger partial charge on any atom is -0.484 e. The molecule has 0 bridgehead atoms. The van der Waals surface area contributed by atoms with Crippen LogP contribution < -0.4 is 15.4 Å². The quantitative estimate of drug-likeness (QED) is 0.644. The molecule has 27 heavy (non-hydrogen) atoms. The molecule has 0 saturated heterocycles. The summed E-state index contributed by atoms with van der Waals surface area (Å²) in [5.74, 6) is 0.342. The van der Waals surface area contributed by atoms with Gasteiger partial charge in [0.1, 0.15) is 5.75 Å². The average Bonchev–Trinajstić information content (AvgIpc) is 3.16. The Morgan fingerprint density at radius 1 is 0.963 bits per heavy atom. The van der Waals surface area contributed by atoms with Crippen LogP contribution in [0.15, 0.2) is 66.0 Å². The van der Waals surface area contributed by atoms with E-state index in [9.17, 15) is 9.59 Å². The second-order valence-corrected chi connectivity index (χ2v) is 7.02. The number of para-hydroxylation sites is 1. The molecule has 0 aliphatic rings. The molecule has 0 radical (unpaired) electrons. The van der Waals surface area contributed by atoms with Crippen molar-refractivity contribution in [1.82, 2.24) is 0 Å². The number of ether oxygens (including phenoxy) is 1. The van der Waals surface area contributed by atoms with E-state index in [1.165, 1.54) is 0 Å². The molecule has 0 saturated carbocycles. The van der Waals surface area contributed by atoms with Gasteiger partial charge in [-0.05, 0) is 54.3 Å². The summed E-state index contributed by atoms with van der Waals surface area (Å²) in [6.07, 6.45) is 0.353. The van der Waals surface area contributed by atoms with Gasteiger partial charge in [-0.3, -0.25) is 9.59 Å². The molecule has 3 rings (SSSR count). The lowest BCUT2D eigenvalue weighted by atomic mass is 10.1. The van der Waals surface area contributed by atoms with Crippen molar-refractivity contribution in [2.75, 3.05) is 17.2 Å². The molecule has 0 atom stereocenters. The highest BCUT2D eigenvalue weighted by Crippen LogP contribution is 2.20. The molecule has 2 aromatic carbocycles. The van der Waals surface area contributed by atoms with Crippen LogP contribution in [0.2, 0.25) is 0 Å². The van der Waals surface area contributed by atoms with Crippen LogP contribution in [0.5, 0.6) is 5.75 Å². The maximum Gasteiger partial charge on any atom is 0.262 e. The number of hydrogen-bond acceptors (Lipinski definition) is 4. The summed E-state index contributed by atoms with van der Waals surface area (Å²) in [6.45, 7) is 1.81.